The Morgan fingerprint density at radius 2 is 2.22 bits per heavy atom. The number of aryl methyl sites for hydroxylation is 2. The van der Waals surface area contributed by atoms with Crippen molar-refractivity contribution < 1.29 is 0 Å². The van der Waals surface area contributed by atoms with Crippen LogP contribution in [0.2, 0.25) is 0 Å². The van der Waals surface area contributed by atoms with Gasteiger partial charge in [0.25, 0.3) is 0 Å². The minimum Gasteiger partial charge on any atom is -0.309 e. The first-order valence-corrected chi connectivity index (χ1v) is 7.04. The number of rotatable bonds is 5. The van der Waals surface area contributed by atoms with Crippen molar-refractivity contribution in [2.45, 2.75) is 33.2 Å². The molecule has 2 rings (SSSR count). The number of nitrogens with one attached hydrogen (secondary N) is 1. The van der Waals surface area contributed by atoms with Gasteiger partial charge in [0, 0.05) is 23.3 Å². The topological polar surface area (TPSA) is 37.8 Å². The molecule has 0 aliphatic carbocycles. The van der Waals surface area contributed by atoms with Crippen molar-refractivity contribution in [2.75, 3.05) is 6.54 Å². The smallest absolute Gasteiger partial charge is 0.0900 e. The Labute approximate surface area is 112 Å². The van der Waals surface area contributed by atoms with E-state index in [2.05, 4.69) is 42.1 Å². The molecule has 2 aromatic rings. The predicted octanol–water partition coefficient (Wildman–Crippen LogP) is 3.05. The highest BCUT2D eigenvalue weighted by Gasteiger charge is 2.11. The molecule has 0 spiro atoms. The van der Waals surface area contributed by atoms with Crippen LogP contribution in [0, 0.1) is 13.8 Å². The summed E-state index contributed by atoms with van der Waals surface area (Å²) in [5.74, 6) is 0. The van der Waals surface area contributed by atoms with E-state index in [0.717, 1.165) is 23.7 Å². The van der Waals surface area contributed by atoms with Gasteiger partial charge in [-0.25, -0.2) is 4.98 Å². The molecule has 0 aliphatic rings. The molecule has 0 aliphatic heterocycles. The Bertz CT molecular complexity index is 493. The molecule has 2 aromatic heterocycles. The molecule has 0 radical (unpaired) electrons. The molecule has 0 saturated heterocycles. The summed E-state index contributed by atoms with van der Waals surface area (Å²) in [6.45, 7) is 7.30. The summed E-state index contributed by atoms with van der Waals surface area (Å²) in [7, 11) is 0. The van der Waals surface area contributed by atoms with E-state index in [-0.39, 0.29) is 0 Å². The molecule has 0 amide bonds. The Morgan fingerprint density at radius 1 is 1.39 bits per heavy atom. The lowest BCUT2D eigenvalue weighted by Crippen LogP contribution is -2.21. The van der Waals surface area contributed by atoms with Gasteiger partial charge >= 0.3 is 0 Å². The highest BCUT2D eigenvalue weighted by molar-refractivity contribution is 7.11. The van der Waals surface area contributed by atoms with E-state index >= 15 is 0 Å². The summed E-state index contributed by atoms with van der Waals surface area (Å²) in [4.78, 5) is 9.94. The second kappa shape index (κ2) is 6.07. The largest absolute Gasteiger partial charge is 0.309 e. The van der Waals surface area contributed by atoms with Crippen molar-refractivity contribution >= 4 is 11.3 Å². The maximum atomic E-state index is 4.47. The molecule has 0 aromatic carbocycles. The van der Waals surface area contributed by atoms with Crippen molar-refractivity contribution in [2.24, 2.45) is 0 Å². The van der Waals surface area contributed by atoms with Gasteiger partial charge in [0.1, 0.15) is 0 Å². The van der Waals surface area contributed by atoms with Crippen molar-refractivity contribution in [1.82, 2.24) is 15.3 Å². The second-order valence-corrected chi connectivity index (χ2v) is 5.70. The van der Waals surface area contributed by atoms with Gasteiger partial charge in [0.15, 0.2) is 0 Å². The summed E-state index contributed by atoms with van der Waals surface area (Å²) in [5.41, 5.74) is 2.42. The van der Waals surface area contributed by atoms with Gasteiger partial charge in [0.05, 0.1) is 10.7 Å². The Balaban J connectivity index is 1.85. The normalized spacial score (nSPS) is 12.6. The highest BCUT2D eigenvalue weighted by atomic mass is 32.1. The molecular weight excluding hydrogens is 242 g/mol. The zero-order valence-corrected chi connectivity index (χ0v) is 11.9. The molecule has 4 heteroatoms. The molecule has 96 valence electrons. The fourth-order valence-corrected chi connectivity index (χ4v) is 2.97. The Kier molecular flexibility index (Phi) is 4.44. The van der Waals surface area contributed by atoms with Gasteiger partial charge in [-0.15, -0.1) is 11.3 Å². The van der Waals surface area contributed by atoms with Crippen molar-refractivity contribution in [3.05, 3.63) is 45.7 Å². The molecule has 1 N–H and O–H groups in total. The van der Waals surface area contributed by atoms with Crippen LogP contribution in [0.5, 0.6) is 0 Å². The number of aromatic nitrogens is 2. The van der Waals surface area contributed by atoms with Gasteiger partial charge in [-0.05, 0) is 45.4 Å². The third-order valence-corrected chi connectivity index (χ3v) is 4.18. The lowest BCUT2D eigenvalue weighted by atomic mass is 10.2. The summed E-state index contributed by atoms with van der Waals surface area (Å²) in [6, 6.07) is 4.46. The summed E-state index contributed by atoms with van der Waals surface area (Å²) >= 11 is 1.78. The first-order valence-electron chi connectivity index (χ1n) is 6.23. The average molecular weight is 261 g/mol. The van der Waals surface area contributed by atoms with Crippen LogP contribution in [-0.4, -0.2) is 16.5 Å². The van der Waals surface area contributed by atoms with Crippen molar-refractivity contribution in [3.8, 4) is 0 Å². The van der Waals surface area contributed by atoms with Crippen molar-refractivity contribution in [3.63, 3.8) is 0 Å². The van der Waals surface area contributed by atoms with Gasteiger partial charge in [0.2, 0.25) is 0 Å². The first kappa shape index (κ1) is 13.2. The molecular formula is C14H19N3S. The maximum Gasteiger partial charge on any atom is 0.0900 e. The van der Waals surface area contributed by atoms with Crippen LogP contribution in [0.3, 0.4) is 0 Å². The predicted molar refractivity (Wildman–Crippen MR) is 75.9 cm³/mol. The number of pyridine rings is 1. The number of hydrogen-bond donors (Lipinski definition) is 1. The third-order valence-electron chi connectivity index (χ3n) is 2.92. The highest BCUT2D eigenvalue weighted by Crippen LogP contribution is 2.24. The lowest BCUT2D eigenvalue weighted by Gasteiger charge is -2.12. The summed E-state index contributed by atoms with van der Waals surface area (Å²) in [5, 5.41) is 4.69. The van der Waals surface area contributed by atoms with Gasteiger partial charge in [-0.3, -0.25) is 4.98 Å². The molecule has 0 fully saturated rings. The monoisotopic (exact) mass is 261 g/mol. The molecule has 1 unspecified atom stereocenters. The van der Waals surface area contributed by atoms with Gasteiger partial charge < -0.3 is 5.32 Å². The van der Waals surface area contributed by atoms with Crippen molar-refractivity contribution in [1.29, 1.82) is 0 Å². The average Bonchev–Trinajstić information content (AvgIpc) is 2.70. The van der Waals surface area contributed by atoms with Crippen LogP contribution in [-0.2, 0) is 6.42 Å². The number of thiazole rings is 1. The van der Waals surface area contributed by atoms with Crippen LogP contribution in [0.1, 0.15) is 34.1 Å². The quantitative estimate of drug-likeness (QED) is 0.899. The van der Waals surface area contributed by atoms with E-state index in [0.29, 0.717) is 6.04 Å². The second-order valence-electron chi connectivity index (χ2n) is 4.47. The Morgan fingerprint density at radius 3 is 2.83 bits per heavy atom. The Hall–Kier alpha value is -1.26. The fraction of sp³-hybridized carbons (Fsp3) is 0.429. The van der Waals surface area contributed by atoms with Gasteiger partial charge in [-0.2, -0.15) is 0 Å². The zero-order valence-electron chi connectivity index (χ0n) is 11.1. The minimum atomic E-state index is 0.368. The molecule has 3 nitrogen and oxygen atoms in total. The third kappa shape index (κ3) is 3.37. The lowest BCUT2D eigenvalue weighted by molar-refractivity contribution is 0.581. The van der Waals surface area contributed by atoms with Crippen LogP contribution in [0.4, 0.5) is 0 Å². The molecule has 0 saturated carbocycles. The first-order chi connectivity index (χ1) is 8.66. The number of hydrogen-bond acceptors (Lipinski definition) is 4. The molecule has 18 heavy (non-hydrogen) atoms. The molecule has 0 bridgehead atoms. The number of nitrogens with zero attached hydrogens (tertiary/aromatic N) is 2. The maximum absolute atomic E-state index is 4.47. The summed E-state index contributed by atoms with van der Waals surface area (Å²) < 4.78 is 0. The van der Waals surface area contributed by atoms with Crippen LogP contribution in [0.25, 0.3) is 0 Å². The molecule has 2 heterocycles. The van der Waals surface area contributed by atoms with Gasteiger partial charge in [-0.1, -0.05) is 6.07 Å². The van der Waals surface area contributed by atoms with E-state index in [1.807, 2.05) is 18.5 Å². The zero-order chi connectivity index (χ0) is 13.0. The molecule has 1 atom stereocenters. The fourth-order valence-electron chi connectivity index (χ4n) is 2.02. The summed E-state index contributed by atoms with van der Waals surface area (Å²) in [6.07, 6.45) is 4.74. The standard InChI is InChI=1S/C14H19N3S/c1-10(14-11(2)17-12(3)18-14)16-8-6-13-5-4-7-15-9-13/h4-5,7,9-10,16H,6,8H2,1-3H3. The van der Waals surface area contributed by atoms with E-state index in [1.54, 1.807) is 11.3 Å². The minimum absolute atomic E-state index is 0.368. The van der Waals surface area contributed by atoms with Crippen LogP contribution >= 0.6 is 11.3 Å². The van der Waals surface area contributed by atoms with E-state index in [4.69, 9.17) is 0 Å². The SMILES string of the molecule is Cc1nc(C)c(C(C)NCCc2cccnc2)s1. The van der Waals surface area contributed by atoms with Crippen LogP contribution in [0.15, 0.2) is 24.5 Å². The van der Waals surface area contributed by atoms with Crippen LogP contribution < -0.4 is 5.32 Å². The van der Waals surface area contributed by atoms with E-state index < -0.39 is 0 Å². The van der Waals surface area contributed by atoms with E-state index in [1.165, 1.54) is 10.4 Å². The van der Waals surface area contributed by atoms with E-state index in [9.17, 15) is 0 Å².